The van der Waals surface area contributed by atoms with Gasteiger partial charge in [-0.3, -0.25) is 4.79 Å². The van der Waals surface area contributed by atoms with E-state index in [9.17, 15) is 4.79 Å². The molecule has 0 radical (unpaired) electrons. The van der Waals surface area contributed by atoms with E-state index >= 15 is 0 Å². The zero-order valence-corrected chi connectivity index (χ0v) is 16.9. The Labute approximate surface area is 171 Å². The average molecular weight is 395 g/mol. The Bertz CT molecular complexity index is 934. The quantitative estimate of drug-likeness (QED) is 0.578. The molecule has 28 heavy (non-hydrogen) atoms. The van der Waals surface area contributed by atoms with Crippen molar-refractivity contribution in [3.8, 4) is 0 Å². The second-order valence-electron chi connectivity index (χ2n) is 7.90. The highest BCUT2D eigenvalue weighted by Crippen LogP contribution is 2.25. The predicted octanol–water partition coefficient (Wildman–Crippen LogP) is 5.63. The van der Waals surface area contributed by atoms with E-state index in [0.717, 1.165) is 49.3 Å². The van der Waals surface area contributed by atoms with E-state index in [0.29, 0.717) is 18.2 Å². The van der Waals surface area contributed by atoms with Crippen molar-refractivity contribution in [2.45, 2.75) is 38.5 Å². The molecular weight excluding hydrogens is 368 g/mol. The Balaban J connectivity index is 1.29. The lowest BCUT2D eigenvalue weighted by Crippen LogP contribution is -2.40. The van der Waals surface area contributed by atoms with E-state index in [4.69, 9.17) is 11.6 Å². The highest BCUT2D eigenvalue weighted by Gasteiger charge is 2.23. The molecular formula is C24H27ClN2O. The summed E-state index contributed by atoms with van der Waals surface area (Å²) in [6.45, 7) is 1.81. The van der Waals surface area contributed by atoms with Gasteiger partial charge in [-0.1, -0.05) is 41.9 Å². The van der Waals surface area contributed by atoms with E-state index in [-0.39, 0.29) is 0 Å². The molecule has 0 spiro atoms. The first kappa shape index (κ1) is 19.1. The first-order valence-electron chi connectivity index (χ1n) is 10.3. The molecule has 1 aromatic heterocycles. The molecule has 4 heteroatoms. The number of nitrogens with one attached hydrogen (secondary N) is 1. The van der Waals surface area contributed by atoms with Gasteiger partial charge < -0.3 is 9.88 Å². The van der Waals surface area contributed by atoms with Crippen LogP contribution in [0.5, 0.6) is 0 Å². The molecule has 3 aromatic rings. The fourth-order valence-corrected chi connectivity index (χ4v) is 4.52. The minimum atomic E-state index is 0.302. The Morgan fingerprint density at radius 1 is 1.18 bits per heavy atom. The number of carbonyl (C=O) groups excluding carboxylic acids is 1. The first-order chi connectivity index (χ1) is 13.7. The topological polar surface area (TPSA) is 36.1 Å². The van der Waals surface area contributed by atoms with Gasteiger partial charge in [-0.25, -0.2) is 0 Å². The number of piperidine rings is 1. The molecule has 146 valence electrons. The fraction of sp³-hybridized carbons (Fsp3) is 0.375. The molecule has 2 heterocycles. The standard InChI is InChI=1S/C24H27ClN2O/c25-21-11-12-23-22(15-21)20(16-26-23)9-4-10-24(28)27-13-5-8-19(17-27)14-18-6-2-1-3-7-18/h1-3,6-7,11-12,15-16,19,26H,4-5,8-10,13-14,17H2. The van der Waals surface area contributed by atoms with Crippen LogP contribution in [0.3, 0.4) is 0 Å². The van der Waals surface area contributed by atoms with Crippen molar-refractivity contribution in [1.29, 1.82) is 0 Å². The average Bonchev–Trinajstić information content (AvgIpc) is 3.11. The Kier molecular flexibility index (Phi) is 6.01. The maximum absolute atomic E-state index is 12.7. The van der Waals surface area contributed by atoms with Crippen LogP contribution in [0.2, 0.25) is 5.02 Å². The van der Waals surface area contributed by atoms with Crippen molar-refractivity contribution in [3.63, 3.8) is 0 Å². The number of hydrogen-bond donors (Lipinski definition) is 1. The largest absolute Gasteiger partial charge is 0.361 e. The molecule has 1 amide bonds. The van der Waals surface area contributed by atoms with Gasteiger partial charge in [0, 0.05) is 41.6 Å². The molecule has 0 aliphatic carbocycles. The maximum Gasteiger partial charge on any atom is 0.222 e. The maximum atomic E-state index is 12.7. The van der Waals surface area contributed by atoms with E-state index in [1.54, 1.807) is 0 Å². The lowest BCUT2D eigenvalue weighted by molar-refractivity contribution is -0.133. The number of rotatable bonds is 6. The second kappa shape index (κ2) is 8.83. The highest BCUT2D eigenvalue weighted by molar-refractivity contribution is 6.31. The number of likely N-dealkylation sites (tertiary alicyclic amines) is 1. The van der Waals surface area contributed by atoms with Crippen molar-refractivity contribution >= 4 is 28.4 Å². The molecule has 1 aliphatic heterocycles. The number of benzene rings is 2. The third-order valence-electron chi connectivity index (χ3n) is 5.81. The molecule has 1 N–H and O–H groups in total. The number of aromatic nitrogens is 1. The van der Waals surface area contributed by atoms with Gasteiger partial charge in [0.1, 0.15) is 0 Å². The Hall–Kier alpha value is -2.26. The molecule has 0 bridgehead atoms. The van der Waals surface area contributed by atoms with Crippen molar-refractivity contribution < 1.29 is 4.79 Å². The van der Waals surface area contributed by atoms with Crippen LogP contribution in [0.15, 0.2) is 54.7 Å². The van der Waals surface area contributed by atoms with Crippen LogP contribution in [0.4, 0.5) is 0 Å². The molecule has 1 fully saturated rings. The monoisotopic (exact) mass is 394 g/mol. The SMILES string of the molecule is O=C(CCCc1c[nH]c2ccc(Cl)cc12)N1CCCC(Cc2ccccc2)C1. The number of fused-ring (bicyclic) bond motifs is 1. The van der Waals surface area contributed by atoms with Crippen molar-refractivity contribution in [2.75, 3.05) is 13.1 Å². The molecule has 3 nitrogen and oxygen atoms in total. The number of H-pyrrole nitrogens is 1. The molecule has 1 atom stereocenters. The predicted molar refractivity (Wildman–Crippen MR) is 116 cm³/mol. The molecule has 4 rings (SSSR count). The molecule has 1 saturated heterocycles. The summed E-state index contributed by atoms with van der Waals surface area (Å²) in [5.74, 6) is 0.881. The normalized spacial score (nSPS) is 17.2. The van der Waals surface area contributed by atoms with Crippen molar-refractivity contribution in [2.24, 2.45) is 5.92 Å². The number of nitrogens with zero attached hydrogens (tertiary/aromatic N) is 1. The summed E-state index contributed by atoms with van der Waals surface area (Å²) in [7, 11) is 0. The summed E-state index contributed by atoms with van der Waals surface area (Å²) in [5, 5.41) is 1.92. The molecule has 1 unspecified atom stereocenters. The van der Waals surface area contributed by atoms with E-state index in [1.165, 1.54) is 22.9 Å². The van der Waals surface area contributed by atoms with Crippen LogP contribution >= 0.6 is 11.6 Å². The number of hydrogen-bond acceptors (Lipinski definition) is 1. The summed E-state index contributed by atoms with van der Waals surface area (Å²) in [4.78, 5) is 18.1. The summed E-state index contributed by atoms with van der Waals surface area (Å²) in [6.07, 6.45) is 7.83. The van der Waals surface area contributed by atoms with Crippen molar-refractivity contribution in [1.82, 2.24) is 9.88 Å². The van der Waals surface area contributed by atoms with E-state index < -0.39 is 0 Å². The van der Waals surface area contributed by atoms with Crippen LogP contribution in [0.1, 0.15) is 36.8 Å². The van der Waals surface area contributed by atoms with E-state index in [1.807, 2.05) is 24.4 Å². The number of amides is 1. The van der Waals surface area contributed by atoms with Crippen LogP contribution < -0.4 is 0 Å². The third-order valence-corrected chi connectivity index (χ3v) is 6.04. The van der Waals surface area contributed by atoms with Gasteiger partial charge in [-0.05, 0) is 67.3 Å². The van der Waals surface area contributed by atoms with Gasteiger partial charge in [-0.2, -0.15) is 0 Å². The third kappa shape index (κ3) is 4.59. The zero-order chi connectivity index (χ0) is 19.3. The van der Waals surface area contributed by atoms with Gasteiger partial charge in [0.2, 0.25) is 5.91 Å². The van der Waals surface area contributed by atoms with Gasteiger partial charge in [-0.15, -0.1) is 0 Å². The first-order valence-corrected chi connectivity index (χ1v) is 10.6. The zero-order valence-electron chi connectivity index (χ0n) is 16.2. The van der Waals surface area contributed by atoms with Gasteiger partial charge in [0.25, 0.3) is 0 Å². The van der Waals surface area contributed by atoms with Crippen molar-refractivity contribution in [3.05, 3.63) is 70.9 Å². The highest BCUT2D eigenvalue weighted by atomic mass is 35.5. The summed E-state index contributed by atoms with van der Waals surface area (Å²) >= 11 is 6.13. The smallest absolute Gasteiger partial charge is 0.222 e. The Morgan fingerprint density at radius 3 is 2.89 bits per heavy atom. The van der Waals surface area contributed by atoms with Gasteiger partial charge in [0.05, 0.1) is 0 Å². The minimum Gasteiger partial charge on any atom is -0.361 e. The number of halogens is 1. The lowest BCUT2D eigenvalue weighted by atomic mass is 9.91. The van der Waals surface area contributed by atoms with Gasteiger partial charge in [0.15, 0.2) is 0 Å². The van der Waals surface area contributed by atoms with Crippen LogP contribution in [0.25, 0.3) is 10.9 Å². The number of carbonyl (C=O) groups is 1. The van der Waals surface area contributed by atoms with E-state index in [2.05, 4.69) is 40.2 Å². The fourth-order valence-electron chi connectivity index (χ4n) is 4.35. The molecule has 1 aliphatic rings. The van der Waals surface area contributed by atoms with Crippen LogP contribution in [-0.2, 0) is 17.6 Å². The summed E-state index contributed by atoms with van der Waals surface area (Å²) in [6, 6.07) is 16.5. The summed E-state index contributed by atoms with van der Waals surface area (Å²) < 4.78 is 0. The van der Waals surface area contributed by atoms with Crippen LogP contribution in [-0.4, -0.2) is 28.9 Å². The molecule has 2 aromatic carbocycles. The second-order valence-corrected chi connectivity index (χ2v) is 8.33. The Morgan fingerprint density at radius 2 is 2.04 bits per heavy atom. The van der Waals surface area contributed by atoms with Crippen LogP contribution in [0, 0.1) is 5.92 Å². The number of aryl methyl sites for hydroxylation is 1. The number of aromatic amines is 1. The van der Waals surface area contributed by atoms with Gasteiger partial charge >= 0.3 is 0 Å². The minimum absolute atomic E-state index is 0.302. The summed E-state index contributed by atoms with van der Waals surface area (Å²) in [5.41, 5.74) is 3.72. The molecule has 0 saturated carbocycles. The lowest BCUT2D eigenvalue weighted by Gasteiger charge is -2.33.